The third-order valence-electron chi connectivity index (χ3n) is 2.77. The van der Waals surface area contributed by atoms with Gasteiger partial charge in [-0.25, -0.2) is 4.79 Å². The van der Waals surface area contributed by atoms with Crippen LogP contribution < -0.4 is 10.4 Å². The fourth-order valence-corrected chi connectivity index (χ4v) is 1.64. The Balaban J connectivity index is 0.00000441. The molecule has 124 valence electrons. The lowest BCUT2D eigenvalue weighted by Gasteiger charge is -2.23. The van der Waals surface area contributed by atoms with Crippen LogP contribution in [0.4, 0.5) is 5.69 Å². The summed E-state index contributed by atoms with van der Waals surface area (Å²) in [7, 11) is 5.99. The van der Waals surface area contributed by atoms with Gasteiger partial charge in [0.15, 0.2) is 0 Å². The topological polar surface area (TPSA) is 78.5 Å². The zero-order chi connectivity index (χ0) is 16.0. The number of hydrogen-bond donors (Lipinski definition) is 1. The van der Waals surface area contributed by atoms with Crippen molar-refractivity contribution in [3.63, 3.8) is 0 Å². The number of rotatable bonds is 6. The lowest BCUT2D eigenvalue weighted by molar-refractivity contribution is -0.869. The number of quaternary nitrogens is 1. The van der Waals surface area contributed by atoms with Crippen molar-refractivity contribution in [1.29, 1.82) is 0 Å². The van der Waals surface area contributed by atoms with Gasteiger partial charge >= 0.3 is 5.97 Å². The molecular formula is C15H23IN2O4. The molecule has 0 unspecified atom stereocenters. The molecule has 1 aromatic carbocycles. The van der Waals surface area contributed by atoms with E-state index in [4.69, 9.17) is 4.74 Å². The maximum absolute atomic E-state index is 11.8. The van der Waals surface area contributed by atoms with Gasteiger partial charge < -0.3 is 19.6 Å². The summed E-state index contributed by atoms with van der Waals surface area (Å²) in [5, 5.41) is 14.5. The van der Waals surface area contributed by atoms with Gasteiger partial charge in [-0.3, -0.25) is 4.79 Å². The van der Waals surface area contributed by atoms with E-state index in [2.05, 4.69) is 5.32 Å². The summed E-state index contributed by atoms with van der Waals surface area (Å²) >= 11 is 0. The number of esters is 1. The minimum atomic E-state index is -0.648. The standard InChI is InChI=1S/C15H22N2O4.HI/c1-5-21-15(20)12-7-6-11(10-13(12)18)16-14(19)8-9-17(2,3)4;/h6-7,10H,5,8-9H2,1-4H3,(H-,16,18,19,20);1H. The number of amides is 1. The van der Waals surface area contributed by atoms with Gasteiger partial charge in [-0.1, -0.05) is 5.75 Å². The fourth-order valence-electron chi connectivity index (χ4n) is 1.64. The van der Waals surface area contributed by atoms with Crippen LogP contribution in [0.5, 0.6) is 5.75 Å². The Bertz CT molecular complexity index is 527. The number of ether oxygens (including phenoxy) is 1. The van der Waals surface area contributed by atoms with Gasteiger partial charge in [0.2, 0.25) is 5.91 Å². The van der Waals surface area contributed by atoms with Crippen LogP contribution in [-0.4, -0.2) is 50.7 Å². The average molecular weight is 422 g/mol. The van der Waals surface area contributed by atoms with Crippen LogP contribution in [0, 0.1) is 0 Å². The molecule has 0 aliphatic heterocycles. The quantitative estimate of drug-likeness (QED) is 0.429. The molecule has 0 aliphatic rings. The minimum absolute atomic E-state index is 0. The lowest BCUT2D eigenvalue weighted by Crippen LogP contribution is -2.37. The number of benzene rings is 1. The van der Waals surface area contributed by atoms with Crippen LogP contribution in [0.25, 0.3) is 0 Å². The summed E-state index contributed by atoms with van der Waals surface area (Å²) < 4.78 is 5.46. The van der Waals surface area contributed by atoms with E-state index >= 15 is 0 Å². The molecule has 0 aliphatic carbocycles. The van der Waals surface area contributed by atoms with Crippen LogP contribution >= 0.6 is 24.0 Å². The van der Waals surface area contributed by atoms with Gasteiger partial charge in [-0.2, -0.15) is 0 Å². The van der Waals surface area contributed by atoms with Crippen LogP contribution in [0.2, 0.25) is 0 Å². The zero-order valence-corrected chi connectivity index (χ0v) is 15.7. The Morgan fingerprint density at radius 1 is 1.27 bits per heavy atom. The first-order valence-corrected chi connectivity index (χ1v) is 6.81. The molecule has 0 heterocycles. The summed E-state index contributed by atoms with van der Waals surface area (Å²) in [6.45, 7) is 2.57. The van der Waals surface area contributed by atoms with Gasteiger partial charge in [0, 0.05) is 5.69 Å². The SMILES string of the molecule is CCOC(=O)c1ccc(NC(=O)CC[N+](C)(C)C)cc1[O-].I. The Labute approximate surface area is 148 Å². The molecule has 0 saturated heterocycles. The molecule has 1 aromatic rings. The highest BCUT2D eigenvalue weighted by molar-refractivity contribution is 14.0. The van der Waals surface area contributed by atoms with E-state index in [0.717, 1.165) is 0 Å². The molecule has 0 fully saturated rings. The highest BCUT2D eigenvalue weighted by Gasteiger charge is 2.12. The number of anilines is 1. The van der Waals surface area contributed by atoms with Crippen LogP contribution in [0.3, 0.4) is 0 Å². The van der Waals surface area contributed by atoms with E-state index < -0.39 is 11.7 Å². The Morgan fingerprint density at radius 2 is 1.91 bits per heavy atom. The van der Waals surface area contributed by atoms with Gasteiger partial charge in [0.05, 0.1) is 46.3 Å². The summed E-state index contributed by atoms with van der Waals surface area (Å²) in [6.07, 6.45) is 0.358. The highest BCUT2D eigenvalue weighted by Crippen LogP contribution is 2.20. The van der Waals surface area contributed by atoms with E-state index in [1.54, 1.807) is 6.92 Å². The normalized spacial score (nSPS) is 10.5. The van der Waals surface area contributed by atoms with Crippen LogP contribution in [0.15, 0.2) is 18.2 Å². The summed E-state index contributed by atoms with van der Waals surface area (Å²) in [5.74, 6) is -1.27. The number of nitrogens with one attached hydrogen (secondary N) is 1. The third-order valence-corrected chi connectivity index (χ3v) is 2.77. The van der Waals surface area contributed by atoms with Gasteiger partial charge in [-0.15, -0.1) is 24.0 Å². The summed E-state index contributed by atoms with van der Waals surface area (Å²) in [5.41, 5.74) is 0.362. The molecule has 22 heavy (non-hydrogen) atoms. The largest absolute Gasteiger partial charge is 0.872 e. The first kappa shape index (κ1) is 20.6. The molecule has 1 amide bonds. The molecule has 0 atom stereocenters. The Kier molecular flexibility index (Phi) is 8.39. The van der Waals surface area contributed by atoms with E-state index in [1.807, 2.05) is 21.1 Å². The molecular weight excluding hydrogens is 399 g/mol. The van der Waals surface area contributed by atoms with Gasteiger partial charge in [-0.05, 0) is 25.1 Å². The van der Waals surface area contributed by atoms with E-state index in [9.17, 15) is 14.7 Å². The molecule has 0 aromatic heterocycles. The van der Waals surface area contributed by atoms with Crippen molar-refractivity contribution in [3.05, 3.63) is 23.8 Å². The molecule has 0 saturated carbocycles. The zero-order valence-electron chi connectivity index (χ0n) is 13.3. The number of hydrogen-bond acceptors (Lipinski definition) is 4. The van der Waals surface area contributed by atoms with E-state index in [0.29, 0.717) is 23.1 Å². The molecule has 7 heteroatoms. The maximum Gasteiger partial charge on any atom is 0.337 e. The number of carbonyl (C=O) groups is 2. The second-order valence-corrected chi connectivity index (χ2v) is 5.74. The van der Waals surface area contributed by atoms with Crippen molar-refractivity contribution < 1.29 is 23.9 Å². The molecule has 1 N–H and O–H groups in total. The minimum Gasteiger partial charge on any atom is -0.872 e. The highest BCUT2D eigenvalue weighted by atomic mass is 127. The molecule has 0 bridgehead atoms. The first-order chi connectivity index (χ1) is 9.73. The second-order valence-electron chi connectivity index (χ2n) is 5.74. The molecule has 0 radical (unpaired) electrons. The lowest BCUT2D eigenvalue weighted by atomic mass is 10.2. The average Bonchev–Trinajstić information content (AvgIpc) is 2.36. The Hall–Kier alpha value is -1.35. The Morgan fingerprint density at radius 3 is 2.41 bits per heavy atom. The van der Waals surface area contributed by atoms with Gasteiger partial charge in [0.1, 0.15) is 0 Å². The number of nitrogens with zero attached hydrogens (tertiary/aromatic N) is 1. The molecule has 6 nitrogen and oxygen atoms in total. The smallest absolute Gasteiger partial charge is 0.337 e. The van der Waals surface area contributed by atoms with Crippen molar-refractivity contribution in [2.24, 2.45) is 0 Å². The van der Waals surface area contributed by atoms with Crippen molar-refractivity contribution in [2.45, 2.75) is 13.3 Å². The van der Waals surface area contributed by atoms with Crippen molar-refractivity contribution in [3.8, 4) is 5.75 Å². The van der Waals surface area contributed by atoms with Crippen LogP contribution in [0.1, 0.15) is 23.7 Å². The molecule has 0 spiro atoms. The number of halogens is 1. The predicted octanol–water partition coefficient (Wildman–Crippen LogP) is 1.59. The summed E-state index contributed by atoms with van der Waals surface area (Å²) in [4.78, 5) is 23.3. The van der Waals surface area contributed by atoms with Gasteiger partial charge in [0.25, 0.3) is 0 Å². The summed E-state index contributed by atoms with van der Waals surface area (Å²) in [6, 6.07) is 4.13. The number of carbonyl (C=O) groups excluding carboxylic acids is 2. The third kappa shape index (κ3) is 7.08. The molecule has 1 rings (SSSR count). The monoisotopic (exact) mass is 422 g/mol. The predicted molar refractivity (Wildman–Crippen MR) is 93.4 cm³/mol. The van der Waals surface area contributed by atoms with Crippen LogP contribution in [-0.2, 0) is 9.53 Å². The van der Waals surface area contributed by atoms with Crippen molar-refractivity contribution in [2.75, 3.05) is 39.6 Å². The second kappa shape index (κ2) is 8.94. The maximum atomic E-state index is 11.8. The first-order valence-electron chi connectivity index (χ1n) is 6.81. The van der Waals surface area contributed by atoms with E-state index in [1.165, 1.54) is 18.2 Å². The van der Waals surface area contributed by atoms with Crippen molar-refractivity contribution in [1.82, 2.24) is 0 Å². The van der Waals surface area contributed by atoms with E-state index in [-0.39, 0.29) is 42.1 Å². The fraction of sp³-hybridized carbons (Fsp3) is 0.467. The van der Waals surface area contributed by atoms with Crippen molar-refractivity contribution >= 4 is 41.5 Å².